The number of piperidine rings is 1. The highest BCUT2D eigenvalue weighted by Gasteiger charge is 2.25. The third-order valence-corrected chi connectivity index (χ3v) is 7.15. The van der Waals surface area contributed by atoms with Crippen molar-refractivity contribution >= 4 is 21.6 Å². The minimum absolute atomic E-state index is 0.0323. The smallest absolute Gasteiger partial charge is 0.264 e. The highest BCUT2D eigenvalue weighted by molar-refractivity contribution is 7.92. The molecule has 1 atom stereocenters. The number of carbonyl (C=O) groups excluding carboxylic acids is 1. The maximum absolute atomic E-state index is 13.0. The quantitative estimate of drug-likeness (QED) is 0.691. The van der Waals surface area contributed by atoms with Crippen LogP contribution in [0.2, 0.25) is 0 Å². The topological polar surface area (TPSA) is 66.9 Å². The van der Waals surface area contributed by atoms with Crippen LogP contribution in [0.5, 0.6) is 5.75 Å². The van der Waals surface area contributed by atoms with E-state index in [0.29, 0.717) is 18.0 Å². The lowest BCUT2D eigenvalue weighted by molar-refractivity contribution is -0.136. The van der Waals surface area contributed by atoms with Crippen LogP contribution in [-0.2, 0) is 14.8 Å². The van der Waals surface area contributed by atoms with E-state index in [0.717, 1.165) is 25.8 Å². The summed E-state index contributed by atoms with van der Waals surface area (Å²) >= 11 is 0. The van der Waals surface area contributed by atoms with Crippen molar-refractivity contribution in [3.05, 3.63) is 54.6 Å². The molecule has 0 aliphatic carbocycles. The van der Waals surface area contributed by atoms with Crippen molar-refractivity contribution in [2.75, 3.05) is 24.0 Å². The third kappa shape index (κ3) is 4.90. The van der Waals surface area contributed by atoms with E-state index in [9.17, 15) is 13.2 Å². The zero-order valence-corrected chi connectivity index (χ0v) is 17.8. The average molecular weight is 417 g/mol. The van der Waals surface area contributed by atoms with Crippen LogP contribution in [0.4, 0.5) is 5.69 Å². The highest BCUT2D eigenvalue weighted by atomic mass is 32.2. The second-order valence-electron chi connectivity index (χ2n) is 7.20. The van der Waals surface area contributed by atoms with Crippen LogP contribution < -0.4 is 9.04 Å². The molecule has 0 saturated carbocycles. The average Bonchev–Trinajstić information content (AvgIpc) is 2.74. The number of hydrogen-bond acceptors (Lipinski definition) is 4. The van der Waals surface area contributed by atoms with Crippen molar-refractivity contribution < 1.29 is 17.9 Å². The second-order valence-corrected chi connectivity index (χ2v) is 9.06. The lowest BCUT2D eigenvalue weighted by Gasteiger charge is -2.33. The number of carbonyl (C=O) groups is 1. The SMILES string of the molecule is CCN(c1ccccc1)S(=O)(=O)c1ccc(OCC(=O)N2CCCC[C@H]2C)cc1. The van der Waals surface area contributed by atoms with Crippen molar-refractivity contribution in [3.8, 4) is 5.75 Å². The molecule has 0 unspecified atom stereocenters. The minimum Gasteiger partial charge on any atom is -0.484 e. The summed E-state index contributed by atoms with van der Waals surface area (Å²) in [7, 11) is -3.67. The fourth-order valence-corrected chi connectivity index (χ4v) is 5.09. The molecule has 1 aliphatic heterocycles. The Labute approximate surface area is 173 Å². The number of para-hydroxylation sites is 1. The number of benzene rings is 2. The van der Waals surface area contributed by atoms with Gasteiger partial charge in [-0.25, -0.2) is 8.42 Å². The van der Waals surface area contributed by atoms with Gasteiger partial charge in [-0.2, -0.15) is 0 Å². The molecule has 6 nitrogen and oxygen atoms in total. The molecule has 1 fully saturated rings. The van der Waals surface area contributed by atoms with Gasteiger partial charge in [0.05, 0.1) is 10.6 Å². The summed E-state index contributed by atoms with van der Waals surface area (Å²) in [5.41, 5.74) is 0.622. The van der Waals surface area contributed by atoms with Crippen molar-refractivity contribution in [1.82, 2.24) is 4.90 Å². The minimum atomic E-state index is -3.67. The third-order valence-electron chi connectivity index (χ3n) is 5.23. The predicted octanol–water partition coefficient (Wildman–Crippen LogP) is 3.68. The number of hydrogen-bond donors (Lipinski definition) is 0. The molecule has 0 radical (unpaired) electrons. The van der Waals surface area contributed by atoms with Crippen LogP contribution in [0, 0.1) is 0 Å². The van der Waals surface area contributed by atoms with Crippen LogP contribution in [0.25, 0.3) is 0 Å². The summed E-state index contributed by atoms with van der Waals surface area (Å²) < 4.78 is 33.0. The van der Waals surface area contributed by atoms with Gasteiger partial charge in [0.2, 0.25) is 0 Å². The van der Waals surface area contributed by atoms with Crippen LogP contribution in [0.15, 0.2) is 59.5 Å². The van der Waals surface area contributed by atoms with Crippen LogP contribution in [-0.4, -0.2) is 45.0 Å². The Morgan fingerprint density at radius 2 is 1.79 bits per heavy atom. The van der Waals surface area contributed by atoms with Gasteiger partial charge in [0, 0.05) is 19.1 Å². The summed E-state index contributed by atoms with van der Waals surface area (Å²) in [5.74, 6) is 0.444. The lowest BCUT2D eigenvalue weighted by atomic mass is 10.0. The van der Waals surface area contributed by atoms with Gasteiger partial charge in [-0.05, 0) is 69.5 Å². The Kier molecular flexibility index (Phi) is 6.79. The van der Waals surface area contributed by atoms with Crippen LogP contribution in [0.1, 0.15) is 33.1 Å². The molecule has 1 saturated heterocycles. The van der Waals surface area contributed by atoms with E-state index in [1.54, 1.807) is 31.2 Å². The number of nitrogens with zero attached hydrogens (tertiary/aromatic N) is 2. The van der Waals surface area contributed by atoms with Gasteiger partial charge in [0.25, 0.3) is 15.9 Å². The van der Waals surface area contributed by atoms with Gasteiger partial charge >= 0.3 is 0 Å². The van der Waals surface area contributed by atoms with E-state index in [1.807, 2.05) is 23.1 Å². The highest BCUT2D eigenvalue weighted by Crippen LogP contribution is 2.25. The predicted molar refractivity (Wildman–Crippen MR) is 114 cm³/mol. The number of ether oxygens (including phenoxy) is 1. The van der Waals surface area contributed by atoms with Gasteiger partial charge in [-0.3, -0.25) is 9.10 Å². The molecule has 0 aromatic heterocycles. The van der Waals surface area contributed by atoms with Gasteiger partial charge in [-0.15, -0.1) is 0 Å². The van der Waals surface area contributed by atoms with Crippen molar-refractivity contribution in [3.63, 3.8) is 0 Å². The molecule has 1 aliphatic rings. The first kappa shape index (κ1) is 21.2. The maximum Gasteiger partial charge on any atom is 0.264 e. The van der Waals surface area contributed by atoms with Crippen LogP contribution >= 0.6 is 0 Å². The monoisotopic (exact) mass is 416 g/mol. The van der Waals surface area contributed by atoms with E-state index in [-0.39, 0.29) is 23.5 Å². The molecule has 29 heavy (non-hydrogen) atoms. The van der Waals surface area contributed by atoms with Crippen LogP contribution in [0.3, 0.4) is 0 Å². The van der Waals surface area contributed by atoms with E-state index in [1.165, 1.54) is 16.4 Å². The Morgan fingerprint density at radius 3 is 2.41 bits per heavy atom. The molecule has 7 heteroatoms. The normalized spacial score (nSPS) is 17.0. The molecule has 1 heterocycles. The summed E-state index contributed by atoms with van der Waals surface area (Å²) in [6.07, 6.45) is 3.20. The van der Waals surface area contributed by atoms with E-state index in [2.05, 4.69) is 6.92 Å². The molecule has 0 N–H and O–H groups in total. The first-order valence-corrected chi connectivity index (χ1v) is 11.5. The van der Waals surface area contributed by atoms with Crippen molar-refractivity contribution in [1.29, 1.82) is 0 Å². The van der Waals surface area contributed by atoms with E-state index < -0.39 is 10.0 Å². The Hall–Kier alpha value is -2.54. The zero-order valence-electron chi connectivity index (χ0n) is 17.0. The molecule has 3 rings (SSSR count). The number of sulfonamides is 1. The largest absolute Gasteiger partial charge is 0.484 e. The van der Waals surface area contributed by atoms with Crippen molar-refractivity contribution in [2.24, 2.45) is 0 Å². The summed E-state index contributed by atoms with van der Waals surface area (Å²) in [6, 6.07) is 15.5. The molecule has 2 aromatic carbocycles. The zero-order chi connectivity index (χ0) is 20.9. The number of amides is 1. The molecule has 2 aromatic rings. The number of rotatable bonds is 7. The van der Waals surface area contributed by atoms with Gasteiger partial charge in [0.1, 0.15) is 5.75 Å². The first-order valence-electron chi connectivity index (χ1n) is 10.0. The lowest BCUT2D eigenvalue weighted by Crippen LogP contribution is -2.44. The van der Waals surface area contributed by atoms with Gasteiger partial charge < -0.3 is 9.64 Å². The Bertz CT molecular complexity index is 914. The number of likely N-dealkylation sites (tertiary alicyclic amines) is 1. The number of anilines is 1. The van der Waals surface area contributed by atoms with Gasteiger partial charge in [-0.1, -0.05) is 18.2 Å². The molecule has 156 valence electrons. The summed E-state index contributed by atoms with van der Waals surface area (Å²) in [4.78, 5) is 14.4. The molecule has 0 spiro atoms. The fourth-order valence-electron chi connectivity index (χ4n) is 3.62. The first-order chi connectivity index (χ1) is 13.9. The maximum atomic E-state index is 13.0. The summed E-state index contributed by atoms with van der Waals surface area (Å²) in [5, 5.41) is 0. The second kappa shape index (κ2) is 9.31. The fraction of sp³-hybridized carbons (Fsp3) is 0.409. The van der Waals surface area contributed by atoms with E-state index in [4.69, 9.17) is 4.74 Å². The van der Waals surface area contributed by atoms with E-state index >= 15 is 0 Å². The van der Waals surface area contributed by atoms with Gasteiger partial charge in [0.15, 0.2) is 6.61 Å². The standard InChI is InChI=1S/C22H28N2O4S/c1-3-24(19-10-5-4-6-11-19)29(26,27)21-14-12-20(13-15-21)28-17-22(25)23-16-8-7-9-18(23)2/h4-6,10-15,18H,3,7-9,16-17H2,1-2H3/t18-/m1/s1. The Balaban J connectivity index is 1.67. The summed E-state index contributed by atoms with van der Waals surface area (Å²) in [6.45, 7) is 4.92. The molecular weight excluding hydrogens is 388 g/mol. The molecule has 1 amide bonds. The Morgan fingerprint density at radius 1 is 1.10 bits per heavy atom. The van der Waals surface area contributed by atoms with Crippen molar-refractivity contribution in [2.45, 2.75) is 44.0 Å². The molecule has 0 bridgehead atoms. The molecular formula is C22H28N2O4S.